The summed E-state index contributed by atoms with van der Waals surface area (Å²) in [7, 11) is 0. The Labute approximate surface area is 125 Å². The molecule has 1 N–H and O–H groups in total. The molecule has 0 saturated heterocycles. The summed E-state index contributed by atoms with van der Waals surface area (Å²) in [6.45, 7) is 4.53. The first-order valence-electron chi connectivity index (χ1n) is 8.54. The molecule has 20 heavy (non-hydrogen) atoms. The molecule has 0 spiro atoms. The molecule has 0 aliphatic carbocycles. The zero-order valence-electron chi connectivity index (χ0n) is 13.4. The molecule has 0 amide bonds. The monoisotopic (exact) mass is 276 g/mol. The molecule has 1 rings (SSSR count). The van der Waals surface area contributed by atoms with Crippen molar-refractivity contribution < 1.29 is 5.11 Å². The van der Waals surface area contributed by atoms with E-state index in [1.165, 1.54) is 57.8 Å². The standard InChI is InChI=1S/C19H32O/c1-3-5-7-8-9-13-17(12-6-4-2)16-18-14-10-11-15-19(18)20/h10-11,14-15,17,20H,3-9,12-13,16H2,1-2H3. The second-order valence-corrected chi connectivity index (χ2v) is 6.04. The highest BCUT2D eigenvalue weighted by Crippen LogP contribution is 2.26. The maximum atomic E-state index is 9.93. The zero-order chi connectivity index (χ0) is 14.6. The lowest BCUT2D eigenvalue weighted by Crippen LogP contribution is -2.05. The Bertz CT molecular complexity index is 345. The highest BCUT2D eigenvalue weighted by molar-refractivity contribution is 5.32. The lowest BCUT2D eigenvalue weighted by Gasteiger charge is -2.17. The molecule has 0 saturated carbocycles. The predicted octanol–water partition coefficient (Wildman–Crippen LogP) is 6.10. The molecule has 1 unspecified atom stereocenters. The number of aromatic hydroxyl groups is 1. The van der Waals surface area contributed by atoms with Crippen molar-refractivity contribution in [2.24, 2.45) is 5.92 Å². The van der Waals surface area contributed by atoms with Crippen LogP contribution in [-0.4, -0.2) is 5.11 Å². The van der Waals surface area contributed by atoms with E-state index < -0.39 is 0 Å². The fraction of sp³-hybridized carbons (Fsp3) is 0.684. The van der Waals surface area contributed by atoms with E-state index in [1.54, 1.807) is 0 Å². The molecule has 1 aromatic carbocycles. The number of benzene rings is 1. The van der Waals surface area contributed by atoms with Crippen molar-refractivity contribution in [3.8, 4) is 5.75 Å². The van der Waals surface area contributed by atoms with Crippen LogP contribution in [0, 0.1) is 5.92 Å². The average molecular weight is 276 g/mol. The van der Waals surface area contributed by atoms with E-state index >= 15 is 0 Å². The van der Waals surface area contributed by atoms with Gasteiger partial charge in [0.05, 0.1) is 0 Å². The molecule has 0 aliphatic rings. The van der Waals surface area contributed by atoms with Crippen LogP contribution in [0.5, 0.6) is 5.75 Å². The van der Waals surface area contributed by atoms with Gasteiger partial charge in [-0.05, 0) is 24.0 Å². The Morgan fingerprint density at radius 1 is 0.850 bits per heavy atom. The number of phenols is 1. The van der Waals surface area contributed by atoms with E-state index in [0.717, 1.165) is 17.9 Å². The molecule has 0 fully saturated rings. The number of hydrogen-bond donors (Lipinski definition) is 1. The minimum atomic E-state index is 0.472. The molecular weight excluding hydrogens is 244 g/mol. The predicted molar refractivity (Wildman–Crippen MR) is 88.2 cm³/mol. The van der Waals surface area contributed by atoms with Gasteiger partial charge in [-0.15, -0.1) is 0 Å². The molecule has 114 valence electrons. The molecule has 1 nitrogen and oxygen atoms in total. The maximum Gasteiger partial charge on any atom is 0.118 e. The summed E-state index contributed by atoms with van der Waals surface area (Å²) in [6, 6.07) is 7.83. The van der Waals surface area contributed by atoms with E-state index in [9.17, 15) is 5.11 Å². The number of rotatable bonds is 11. The largest absolute Gasteiger partial charge is 0.508 e. The van der Waals surface area contributed by atoms with Gasteiger partial charge in [0, 0.05) is 0 Å². The van der Waals surface area contributed by atoms with Crippen molar-refractivity contribution in [1.29, 1.82) is 0 Å². The SMILES string of the molecule is CCCCCCCC(CCCC)Cc1ccccc1O. The summed E-state index contributed by atoms with van der Waals surface area (Å²) in [4.78, 5) is 0. The topological polar surface area (TPSA) is 20.2 Å². The van der Waals surface area contributed by atoms with Gasteiger partial charge in [0.25, 0.3) is 0 Å². The average Bonchev–Trinajstić information content (AvgIpc) is 2.46. The van der Waals surface area contributed by atoms with E-state index in [1.807, 2.05) is 18.2 Å². The molecular formula is C19H32O. The van der Waals surface area contributed by atoms with Crippen LogP contribution < -0.4 is 0 Å². The van der Waals surface area contributed by atoms with Crippen LogP contribution in [0.1, 0.15) is 77.2 Å². The molecule has 0 aliphatic heterocycles. The van der Waals surface area contributed by atoms with Crippen molar-refractivity contribution in [3.63, 3.8) is 0 Å². The van der Waals surface area contributed by atoms with Gasteiger partial charge in [0.2, 0.25) is 0 Å². The normalized spacial score (nSPS) is 12.5. The third kappa shape index (κ3) is 6.98. The van der Waals surface area contributed by atoms with Crippen LogP contribution >= 0.6 is 0 Å². The Morgan fingerprint density at radius 2 is 1.50 bits per heavy atom. The van der Waals surface area contributed by atoms with Gasteiger partial charge in [-0.2, -0.15) is 0 Å². The van der Waals surface area contributed by atoms with Crippen molar-refractivity contribution in [1.82, 2.24) is 0 Å². The summed E-state index contributed by atoms with van der Waals surface area (Å²) in [6.07, 6.45) is 13.0. The Morgan fingerprint density at radius 3 is 2.20 bits per heavy atom. The van der Waals surface area contributed by atoms with Crippen LogP contribution in [0.15, 0.2) is 24.3 Å². The highest BCUT2D eigenvalue weighted by Gasteiger charge is 2.11. The summed E-state index contributed by atoms with van der Waals surface area (Å²) >= 11 is 0. The van der Waals surface area contributed by atoms with Crippen molar-refractivity contribution in [2.45, 2.75) is 78.1 Å². The van der Waals surface area contributed by atoms with Crippen molar-refractivity contribution in [3.05, 3.63) is 29.8 Å². The van der Waals surface area contributed by atoms with Crippen LogP contribution in [0.2, 0.25) is 0 Å². The smallest absolute Gasteiger partial charge is 0.118 e. The van der Waals surface area contributed by atoms with E-state index in [4.69, 9.17) is 0 Å². The van der Waals surface area contributed by atoms with Crippen LogP contribution in [0.3, 0.4) is 0 Å². The molecule has 1 atom stereocenters. The van der Waals surface area contributed by atoms with Crippen molar-refractivity contribution >= 4 is 0 Å². The van der Waals surface area contributed by atoms with Gasteiger partial charge < -0.3 is 5.11 Å². The van der Waals surface area contributed by atoms with Crippen LogP contribution in [-0.2, 0) is 6.42 Å². The molecule has 1 aromatic rings. The molecule has 0 bridgehead atoms. The third-order valence-corrected chi connectivity index (χ3v) is 4.18. The van der Waals surface area contributed by atoms with Crippen molar-refractivity contribution in [2.75, 3.05) is 0 Å². The number of hydrogen-bond acceptors (Lipinski definition) is 1. The quantitative estimate of drug-likeness (QED) is 0.484. The van der Waals surface area contributed by atoms with E-state index in [2.05, 4.69) is 19.9 Å². The second kappa shape index (κ2) is 10.8. The zero-order valence-corrected chi connectivity index (χ0v) is 13.4. The summed E-state index contributed by atoms with van der Waals surface area (Å²) in [5.41, 5.74) is 1.13. The molecule has 0 heterocycles. The minimum Gasteiger partial charge on any atom is -0.508 e. The van der Waals surface area contributed by atoms with Gasteiger partial charge in [-0.1, -0.05) is 89.8 Å². The fourth-order valence-corrected chi connectivity index (χ4v) is 2.87. The minimum absolute atomic E-state index is 0.472. The molecule has 0 radical (unpaired) electrons. The van der Waals surface area contributed by atoms with Gasteiger partial charge in [-0.3, -0.25) is 0 Å². The molecule has 1 heteroatoms. The highest BCUT2D eigenvalue weighted by atomic mass is 16.3. The van der Waals surface area contributed by atoms with Gasteiger partial charge in [0.15, 0.2) is 0 Å². The van der Waals surface area contributed by atoms with E-state index in [0.29, 0.717) is 5.75 Å². The Hall–Kier alpha value is -0.980. The first-order valence-corrected chi connectivity index (χ1v) is 8.54. The van der Waals surface area contributed by atoms with Crippen LogP contribution in [0.25, 0.3) is 0 Å². The van der Waals surface area contributed by atoms with E-state index in [-0.39, 0.29) is 0 Å². The summed E-state index contributed by atoms with van der Waals surface area (Å²) in [5.74, 6) is 1.21. The summed E-state index contributed by atoms with van der Waals surface area (Å²) in [5, 5.41) is 9.93. The number of unbranched alkanes of at least 4 members (excludes halogenated alkanes) is 5. The lowest BCUT2D eigenvalue weighted by atomic mass is 9.89. The fourth-order valence-electron chi connectivity index (χ4n) is 2.87. The maximum absolute atomic E-state index is 9.93. The third-order valence-electron chi connectivity index (χ3n) is 4.18. The second-order valence-electron chi connectivity index (χ2n) is 6.04. The Balaban J connectivity index is 2.41. The molecule has 0 aromatic heterocycles. The number of phenolic OH excluding ortho intramolecular Hbond substituents is 1. The Kier molecular flexibility index (Phi) is 9.19. The number of para-hydroxylation sites is 1. The lowest BCUT2D eigenvalue weighted by molar-refractivity contribution is 0.398. The first kappa shape index (κ1) is 17.1. The van der Waals surface area contributed by atoms with Crippen LogP contribution in [0.4, 0.5) is 0 Å². The van der Waals surface area contributed by atoms with Gasteiger partial charge in [0.1, 0.15) is 5.75 Å². The summed E-state index contributed by atoms with van der Waals surface area (Å²) < 4.78 is 0. The first-order chi connectivity index (χ1) is 9.77. The van der Waals surface area contributed by atoms with Gasteiger partial charge in [-0.25, -0.2) is 0 Å². The van der Waals surface area contributed by atoms with Gasteiger partial charge >= 0.3 is 0 Å².